The molecule has 0 saturated heterocycles. The Morgan fingerprint density at radius 3 is 1.88 bits per heavy atom. The van der Waals surface area contributed by atoms with Crippen molar-refractivity contribution in [1.82, 2.24) is 0 Å². The van der Waals surface area contributed by atoms with Crippen molar-refractivity contribution in [2.45, 2.75) is 9.79 Å². The van der Waals surface area contributed by atoms with Crippen molar-refractivity contribution in [3.8, 4) is 0 Å². The van der Waals surface area contributed by atoms with Crippen LogP contribution in [0.4, 0.5) is 5.69 Å². The number of benzene rings is 3. The average molecular weight is 359 g/mol. The van der Waals surface area contributed by atoms with Gasteiger partial charge >= 0.3 is 0 Å². The molecule has 0 heterocycles. The van der Waals surface area contributed by atoms with E-state index in [4.69, 9.17) is 0 Å². The van der Waals surface area contributed by atoms with Gasteiger partial charge in [-0.3, -0.25) is 9.59 Å². The summed E-state index contributed by atoms with van der Waals surface area (Å²) in [6, 6.07) is 24.4. The van der Waals surface area contributed by atoms with Gasteiger partial charge in [-0.25, -0.2) is 0 Å². The van der Waals surface area contributed by atoms with E-state index in [1.54, 1.807) is 11.8 Å². The molecule has 0 bridgehead atoms. The van der Waals surface area contributed by atoms with Crippen molar-refractivity contribution in [2.24, 2.45) is 0 Å². The van der Waals surface area contributed by atoms with E-state index in [-0.39, 0.29) is 11.7 Å². The van der Waals surface area contributed by atoms with Crippen LogP contribution >= 0.6 is 11.8 Å². The minimum Gasteiger partial charge on any atom is -0.323 e. The zero-order valence-corrected chi connectivity index (χ0v) is 14.8. The van der Waals surface area contributed by atoms with E-state index in [0.29, 0.717) is 11.1 Å². The first kappa shape index (κ1) is 17.7. The molecule has 128 valence electrons. The van der Waals surface area contributed by atoms with Gasteiger partial charge in [0.05, 0.1) is 0 Å². The molecule has 1 amide bonds. The van der Waals surface area contributed by atoms with Gasteiger partial charge in [-0.2, -0.15) is 0 Å². The van der Waals surface area contributed by atoms with Gasteiger partial charge in [0.15, 0.2) is 5.78 Å². The largest absolute Gasteiger partial charge is 0.323 e. The first-order chi connectivity index (χ1) is 12.7. The number of carbonyl (C=O) groups excluding carboxylic acids is 2. The van der Waals surface area contributed by atoms with Crippen molar-refractivity contribution >= 4 is 29.1 Å². The minimum atomic E-state index is -0.232. The molecule has 0 saturated carbocycles. The monoisotopic (exact) mass is 359 g/mol. The van der Waals surface area contributed by atoms with E-state index in [0.717, 1.165) is 15.5 Å². The second kappa shape index (κ2) is 8.32. The molecule has 0 aromatic heterocycles. The normalized spacial score (nSPS) is 10.2. The summed E-state index contributed by atoms with van der Waals surface area (Å²) in [5.74, 6) is -0.214. The summed E-state index contributed by atoms with van der Waals surface area (Å²) < 4.78 is 0. The number of ketones is 1. The van der Waals surface area contributed by atoms with Crippen molar-refractivity contribution in [3.63, 3.8) is 0 Å². The molecule has 0 unspecified atom stereocenters. The van der Waals surface area contributed by atoms with Gasteiger partial charge < -0.3 is 5.32 Å². The maximum absolute atomic E-state index is 12.4. The highest BCUT2D eigenvalue weighted by Gasteiger charge is 2.08. The molecule has 0 fully saturated rings. The van der Waals surface area contributed by atoms with E-state index in [1.165, 1.54) is 6.08 Å². The Bertz CT molecular complexity index is 917. The van der Waals surface area contributed by atoms with Gasteiger partial charge in [-0.1, -0.05) is 48.7 Å². The third-order valence-corrected chi connectivity index (χ3v) is 4.71. The summed E-state index contributed by atoms with van der Waals surface area (Å²) in [6.45, 7) is 3.43. The summed E-state index contributed by atoms with van der Waals surface area (Å²) in [5, 5.41) is 2.71. The number of carbonyl (C=O) groups is 2. The van der Waals surface area contributed by atoms with E-state index in [1.807, 2.05) is 78.9 Å². The average Bonchev–Trinajstić information content (AvgIpc) is 2.70. The van der Waals surface area contributed by atoms with Crippen LogP contribution in [0.25, 0.3) is 0 Å². The minimum absolute atomic E-state index is 0.0180. The Morgan fingerprint density at radius 1 is 0.769 bits per heavy atom. The fourth-order valence-electron chi connectivity index (χ4n) is 2.37. The Kier molecular flexibility index (Phi) is 5.66. The first-order valence-corrected chi connectivity index (χ1v) is 8.88. The van der Waals surface area contributed by atoms with E-state index in [9.17, 15) is 9.59 Å². The molecule has 0 aliphatic carbocycles. The number of anilines is 1. The fraction of sp³-hybridized carbons (Fsp3) is 0. The lowest BCUT2D eigenvalue weighted by atomic mass is 10.0. The predicted octanol–water partition coefficient (Wildman–Crippen LogP) is 5.19. The van der Waals surface area contributed by atoms with Crippen LogP contribution in [0.2, 0.25) is 0 Å². The van der Waals surface area contributed by atoms with Gasteiger partial charge in [0.2, 0.25) is 5.91 Å². The Balaban J connectivity index is 1.67. The third kappa shape index (κ3) is 4.49. The van der Waals surface area contributed by atoms with Gasteiger partial charge in [0.25, 0.3) is 0 Å². The Labute approximate surface area is 156 Å². The highest BCUT2D eigenvalue weighted by molar-refractivity contribution is 7.99. The van der Waals surface area contributed by atoms with Crippen LogP contribution < -0.4 is 5.32 Å². The lowest BCUT2D eigenvalue weighted by Gasteiger charge is -2.06. The van der Waals surface area contributed by atoms with Gasteiger partial charge in [0.1, 0.15) is 0 Å². The molecule has 0 aliphatic rings. The summed E-state index contributed by atoms with van der Waals surface area (Å²) in [7, 11) is 0. The van der Waals surface area contributed by atoms with E-state index < -0.39 is 0 Å². The molecular formula is C22H17NO2S. The van der Waals surface area contributed by atoms with Gasteiger partial charge in [0, 0.05) is 26.6 Å². The molecule has 3 aromatic rings. The maximum atomic E-state index is 12.4. The standard InChI is InChI=1S/C22H17NO2S/c1-2-21(24)23-18-10-14-20(15-11-18)26-19-12-8-17(9-13-19)22(25)16-6-4-3-5-7-16/h2-15H,1H2,(H,23,24). The van der Waals surface area contributed by atoms with Crippen LogP contribution in [-0.4, -0.2) is 11.7 Å². The molecule has 0 radical (unpaired) electrons. The van der Waals surface area contributed by atoms with Crippen LogP contribution in [-0.2, 0) is 4.79 Å². The molecule has 3 rings (SSSR count). The molecule has 4 heteroatoms. The highest BCUT2D eigenvalue weighted by Crippen LogP contribution is 2.29. The van der Waals surface area contributed by atoms with Crippen molar-refractivity contribution in [1.29, 1.82) is 0 Å². The smallest absolute Gasteiger partial charge is 0.247 e. The number of hydrogen-bond donors (Lipinski definition) is 1. The molecule has 0 aliphatic heterocycles. The quantitative estimate of drug-likeness (QED) is 0.486. The van der Waals surface area contributed by atoms with Crippen LogP contribution in [0, 0.1) is 0 Å². The zero-order valence-electron chi connectivity index (χ0n) is 14.0. The molecule has 1 N–H and O–H groups in total. The molecule has 0 spiro atoms. The molecule has 3 nitrogen and oxygen atoms in total. The molecular weight excluding hydrogens is 342 g/mol. The first-order valence-electron chi connectivity index (χ1n) is 8.07. The van der Waals surface area contributed by atoms with Crippen molar-refractivity contribution < 1.29 is 9.59 Å². The second-order valence-electron chi connectivity index (χ2n) is 5.54. The number of hydrogen-bond acceptors (Lipinski definition) is 3. The summed E-state index contributed by atoms with van der Waals surface area (Å²) in [4.78, 5) is 25.8. The highest BCUT2D eigenvalue weighted by atomic mass is 32.2. The van der Waals surface area contributed by atoms with Crippen LogP contribution in [0.1, 0.15) is 15.9 Å². The topological polar surface area (TPSA) is 46.2 Å². The third-order valence-electron chi connectivity index (χ3n) is 3.70. The van der Waals surface area contributed by atoms with E-state index >= 15 is 0 Å². The summed E-state index contributed by atoms with van der Waals surface area (Å²) >= 11 is 1.59. The molecule has 0 atom stereocenters. The number of rotatable bonds is 6. The van der Waals surface area contributed by atoms with Crippen LogP contribution in [0.5, 0.6) is 0 Å². The molecule has 3 aromatic carbocycles. The fourth-order valence-corrected chi connectivity index (χ4v) is 3.18. The number of amides is 1. The SMILES string of the molecule is C=CC(=O)Nc1ccc(Sc2ccc(C(=O)c3ccccc3)cc2)cc1. The van der Waals surface area contributed by atoms with Crippen LogP contribution in [0.3, 0.4) is 0 Å². The zero-order chi connectivity index (χ0) is 18.4. The number of nitrogens with one attached hydrogen (secondary N) is 1. The van der Waals surface area contributed by atoms with Gasteiger partial charge in [-0.05, 0) is 54.6 Å². The maximum Gasteiger partial charge on any atom is 0.247 e. The second-order valence-corrected chi connectivity index (χ2v) is 6.69. The Hall–Kier alpha value is -3.11. The van der Waals surface area contributed by atoms with Crippen molar-refractivity contribution in [2.75, 3.05) is 5.32 Å². The lowest BCUT2D eigenvalue weighted by Crippen LogP contribution is -2.06. The van der Waals surface area contributed by atoms with Crippen LogP contribution in [0.15, 0.2) is 101 Å². The van der Waals surface area contributed by atoms with E-state index in [2.05, 4.69) is 11.9 Å². The van der Waals surface area contributed by atoms with Crippen molar-refractivity contribution in [3.05, 3.63) is 103 Å². The lowest BCUT2D eigenvalue weighted by molar-refractivity contribution is -0.111. The molecule has 26 heavy (non-hydrogen) atoms. The Morgan fingerprint density at radius 2 is 1.31 bits per heavy atom. The summed E-state index contributed by atoms with van der Waals surface area (Å²) in [5.41, 5.74) is 2.08. The van der Waals surface area contributed by atoms with Gasteiger partial charge in [-0.15, -0.1) is 0 Å². The predicted molar refractivity (Wildman–Crippen MR) is 106 cm³/mol. The summed E-state index contributed by atoms with van der Waals surface area (Å²) in [6.07, 6.45) is 1.24.